The fraction of sp³-hybridized carbons (Fsp3) is 0.438. The second-order valence-corrected chi connectivity index (χ2v) is 5.85. The van der Waals surface area contributed by atoms with Gasteiger partial charge in [0.1, 0.15) is 6.04 Å². The van der Waals surface area contributed by atoms with Crippen LogP contribution in [0.15, 0.2) is 24.3 Å². The van der Waals surface area contributed by atoms with Crippen LogP contribution in [0.1, 0.15) is 26.0 Å². The summed E-state index contributed by atoms with van der Waals surface area (Å²) in [6.07, 6.45) is 0.479. The highest BCUT2D eigenvalue weighted by Crippen LogP contribution is 2.17. The first-order valence-electron chi connectivity index (χ1n) is 7.31. The van der Waals surface area contributed by atoms with Crippen molar-refractivity contribution < 1.29 is 14.7 Å². The third-order valence-electron chi connectivity index (χ3n) is 3.50. The molecule has 1 amide bonds. The fourth-order valence-electron chi connectivity index (χ4n) is 2.51. The van der Waals surface area contributed by atoms with Crippen molar-refractivity contribution in [3.63, 3.8) is 0 Å². The molecular weight excluding hydrogens is 282 g/mol. The normalized spacial score (nSPS) is 12.5. The lowest BCUT2D eigenvalue weighted by molar-refractivity contribution is -0.142. The van der Waals surface area contributed by atoms with Gasteiger partial charge in [-0.25, -0.2) is 4.79 Å². The predicted molar refractivity (Wildman–Crippen MR) is 83.4 cm³/mol. The minimum atomic E-state index is -1.01. The molecule has 0 aliphatic heterocycles. The number of aromatic nitrogens is 2. The Balaban J connectivity index is 2.12. The second-order valence-electron chi connectivity index (χ2n) is 5.85. The number of aryl methyl sites for hydroxylation is 1. The molecule has 0 unspecified atom stereocenters. The summed E-state index contributed by atoms with van der Waals surface area (Å²) in [6.45, 7) is 3.85. The number of para-hydroxylation sites is 1. The summed E-state index contributed by atoms with van der Waals surface area (Å²) in [6, 6.07) is 6.79. The Bertz CT molecular complexity index is 691. The number of amides is 1. The molecule has 22 heavy (non-hydrogen) atoms. The van der Waals surface area contributed by atoms with Crippen LogP contribution in [0.3, 0.4) is 0 Å². The maximum absolute atomic E-state index is 12.1. The summed E-state index contributed by atoms with van der Waals surface area (Å²) in [7, 11) is 1.82. The Morgan fingerprint density at radius 2 is 2.00 bits per heavy atom. The molecule has 0 saturated heterocycles. The van der Waals surface area contributed by atoms with E-state index in [0.29, 0.717) is 12.1 Å². The van der Waals surface area contributed by atoms with Crippen LogP contribution in [-0.4, -0.2) is 32.8 Å². The van der Waals surface area contributed by atoms with Crippen molar-refractivity contribution in [2.45, 2.75) is 32.7 Å². The van der Waals surface area contributed by atoms with E-state index in [-0.39, 0.29) is 18.2 Å². The third kappa shape index (κ3) is 3.63. The topological polar surface area (TPSA) is 84.2 Å². The number of carbonyl (C=O) groups is 2. The van der Waals surface area contributed by atoms with Gasteiger partial charge in [-0.2, -0.15) is 5.10 Å². The molecule has 1 atom stereocenters. The van der Waals surface area contributed by atoms with E-state index < -0.39 is 12.0 Å². The minimum Gasteiger partial charge on any atom is -0.480 e. The van der Waals surface area contributed by atoms with Gasteiger partial charge in [-0.3, -0.25) is 9.48 Å². The van der Waals surface area contributed by atoms with E-state index in [9.17, 15) is 14.7 Å². The highest BCUT2D eigenvalue weighted by molar-refractivity contribution is 5.89. The lowest BCUT2D eigenvalue weighted by Crippen LogP contribution is -2.42. The van der Waals surface area contributed by atoms with Gasteiger partial charge in [-0.05, 0) is 18.4 Å². The van der Waals surface area contributed by atoms with Gasteiger partial charge in [-0.15, -0.1) is 0 Å². The second kappa shape index (κ2) is 6.60. The average molecular weight is 303 g/mol. The number of rotatable bonds is 6. The summed E-state index contributed by atoms with van der Waals surface area (Å²) in [5.41, 5.74) is 1.60. The molecular formula is C16H21N3O3. The molecule has 0 aliphatic rings. The number of benzene rings is 1. The number of aliphatic carboxylic acids is 1. The van der Waals surface area contributed by atoms with Crippen LogP contribution >= 0.6 is 0 Å². The number of carboxylic acid groups (broad SMARTS) is 1. The monoisotopic (exact) mass is 303 g/mol. The van der Waals surface area contributed by atoms with E-state index >= 15 is 0 Å². The lowest BCUT2D eigenvalue weighted by Gasteiger charge is -2.16. The number of hydrogen-bond donors (Lipinski definition) is 2. The van der Waals surface area contributed by atoms with E-state index in [1.165, 1.54) is 0 Å². The van der Waals surface area contributed by atoms with Gasteiger partial charge in [0, 0.05) is 12.4 Å². The molecule has 6 heteroatoms. The molecule has 6 nitrogen and oxygen atoms in total. The molecule has 0 bridgehead atoms. The van der Waals surface area contributed by atoms with Crippen molar-refractivity contribution in [3.05, 3.63) is 30.0 Å². The molecule has 0 saturated carbocycles. The highest BCUT2D eigenvalue weighted by Gasteiger charge is 2.22. The lowest BCUT2D eigenvalue weighted by atomic mass is 10.0. The summed E-state index contributed by atoms with van der Waals surface area (Å²) in [5.74, 6) is -1.14. The zero-order valence-corrected chi connectivity index (χ0v) is 13.0. The molecule has 2 rings (SSSR count). The number of carboxylic acids is 1. The Morgan fingerprint density at radius 3 is 2.64 bits per heavy atom. The molecule has 2 aromatic rings. The van der Waals surface area contributed by atoms with Crippen LogP contribution < -0.4 is 5.32 Å². The number of nitrogens with zero attached hydrogens (tertiary/aromatic N) is 2. The number of carbonyl (C=O) groups excluding carboxylic acids is 1. The van der Waals surface area contributed by atoms with E-state index in [1.807, 2.05) is 45.2 Å². The molecule has 0 spiro atoms. The Morgan fingerprint density at radius 1 is 1.32 bits per heavy atom. The van der Waals surface area contributed by atoms with E-state index in [4.69, 9.17) is 0 Å². The number of fused-ring (bicyclic) bond motifs is 1. The van der Waals surface area contributed by atoms with Gasteiger partial charge in [-0.1, -0.05) is 32.0 Å². The maximum Gasteiger partial charge on any atom is 0.326 e. The molecule has 1 aromatic carbocycles. The summed E-state index contributed by atoms with van der Waals surface area (Å²) < 4.78 is 1.72. The zero-order valence-electron chi connectivity index (χ0n) is 13.0. The Kier molecular flexibility index (Phi) is 4.80. The molecule has 118 valence electrons. The van der Waals surface area contributed by atoms with Gasteiger partial charge < -0.3 is 10.4 Å². The van der Waals surface area contributed by atoms with Gasteiger partial charge in [0.2, 0.25) is 5.91 Å². The van der Waals surface area contributed by atoms with Crippen LogP contribution in [0, 0.1) is 5.92 Å². The molecule has 0 radical (unpaired) electrons. The van der Waals surface area contributed by atoms with Gasteiger partial charge in [0.15, 0.2) is 0 Å². The van der Waals surface area contributed by atoms with Crippen molar-refractivity contribution in [2.75, 3.05) is 0 Å². The molecule has 1 aromatic heterocycles. The van der Waals surface area contributed by atoms with Crippen LogP contribution in [0.2, 0.25) is 0 Å². The summed E-state index contributed by atoms with van der Waals surface area (Å²) in [5, 5.41) is 17.0. The van der Waals surface area contributed by atoms with Crippen LogP contribution in [0.5, 0.6) is 0 Å². The molecule has 0 aliphatic carbocycles. The van der Waals surface area contributed by atoms with Gasteiger partial charge in [0.25, 0.3) is 0 Å². The number of nitrogens with one attached hydrogen (secondary N) is 1. The van der Waals surface area contributed by atoms with Crippen molar-refractivity contribution in [1.29, 1.82) is 0 Å². The quantitative estimate of drug-likeness (QED) is 0.851. The maximum atomic E-state index is 12.1. The van der Waals surface area contributed by atoms with E-state index in [1.54, 1.807) is 4.68 Å². The van der Waals surface area contributed by atoms with Crippen molar-refractivity contribution in [3.8, 4) is 0 Å². The smallest absolute Gasteiger partial charge is 0.326 e. The van der Waals surface area contributed by atoms with Crippen LogP contribution in [0.4, 0.5) is 0 Å². The first kappa shape index (κ1) is 16.0. The highest BCUT2D eigenvalue weighted by atomic mass is 16.4. The first-order chi connectivity index (χ1) is 10.4. The standard InChI is InChI=1S/C16H21N3O3/c1-10(2)8-13(16(21)22)17-15(20)9-12-11-6-4-5-7-14(11)19(3)18-12/h4-7,10,13H,8-9H2,1-3H3,(H,17,20)(H,21,22)/t13-/m0/s1. The Hall–Kier alpha value is -2.37. The zero-order chi connectivity index (χ0) is 16.3. The molecule has 1 heterocycles. The molecule has 2 N–H and O–H groups in total. The summed E-state index contributed by atoms with van der Waals surface area (Å²) in [4.78, 5) is 23.3. The minimum absolute atomic E-state index is 0.0726. The largest absolute Gasteiger partial charge is 0.480 e. The van der Waals surface area contributed by atoms with Crippen LogP contribution in [-0.2, 0) is 23.1 Å². The average Bonchev–Trinajstić information content (AvgIpc) is 2.74. The van der Waals surface area contributed by atoms with Crippen molar-refractivity contribution >= 4 is 22.8 Å². The van der Waals surface area contributed by atoms with Crippen LogP contribution in [0.25, 0.3) is 10.9 Å². The van der Waals surface area contributed by atoms with Gasteiger partial charge in [0.05, 0.1) is 17.6 Å². The van der Waals surface area contributed by atoms with E-state index in [2.05, 4.69) is 10.4 Å². The first-order valence-corrected chi connectivity index (χ1v) is 7.31. The Labute approximate surface area is 129 Å². The third-order valence-corrected chi connectivity index (χ3v) is 3.50. The van der Waals surface area contributed by atoms with Crippen molar-refractivity contribution in [2.24, 2.45) is 13.0 Å². The fourth-order valence-corrected chi connectivity index (χ4v) is 2.51. The number of hydrogen-bond acceptors (Lipinski definition) is 3. The summed E-state index contributed by atoms with van der Waals surface area (Å²) >= 11 is 0. The molecule has 0 fully saturated rings. The van der Waals surface area contributed by atoms with Crippen molar-refractivity contribution in [1.82, 2.24) is 15.1 Å². The van der Waals surface area contributed by atoms with E-state index in [0.717, 1.165) is 10.9 Å². The van der Waals surface area contributed by atoms with Gasteiger partial charge >= 0.3 is 5.97 Å². The SMILES string of the molecule is CC(C)C[C@H](NC(=O)Cc1nn(C)c2ccccc12)C(=O)O. The predicted octanol–water partition coefficient (Wildman–Crippen LogP) is 1.73.